The van der Waals surface area contributed by atoms with Gasteiger partial charge in [0.05, 0.1) is 11.0 Å². The van der Waals surface area contributed by atoms with Crippen LogP contribution in [0.1, 0.15) is 12.8 Å². The van der Waals surface area contributed by atoms with Crippen LogP contribution in [0.5, 0.6) is 0 Å². The average molecular weight is 399 g/mol. The fourth-order valence-corrected chi connectivity index (χ4v) is 4.27. The zero-order valence-electron chi connectivity index (χ0n) is 16.4. The number of hydrogen-bond acceptors (Lipinski definition) is 3. The Morgan fingerprint density at radius 1 is 0.893 bits per heavy atom. The van der Waals surface area contributed by atoms with Crippen LogP contribution in [0.15, 0.2) is 53.3 Å². The molecule has 2 aromatic carbocycles. The van der Waals surface area contributed by atoms with Gasteiger partial charge in [0.1, 0.15) is 0 Å². The molecule has 0 unspecified atom stereocenters. The quantitative estimate of drug-likeness (QED) is 0.595. The number of para-hydroxylation sites is 2. The van der Waals surface area contributed by atoms with Gasteiger partial charge >= 0.3 is 5.69 Å². The molecule has 1 aliphatic heterocycles. The third-order valence-electron chi connectivity index (χ3n) is 5.70. The summed E-state index contributed by atoms with van der Waals surface area (Å²) in [6.45, 7) is 6.07. The van der Waals surface area contributed by atoms with Crippen molar-refractivity contribution in [2.45, 2.75) is 19.4 Å². The van der Waals surface area contributed by atoms with E-state index in [9.17, 15) is 4.79 Å². The summed E-state index contributed by atoms with van der Waals surface area (Å²) in [4.78, 5) is 17.4. The molecule has 4 rings (SSSR count). The summed E-state index contributed by atoms with van der Waals surface area (Å²) < 4.78 is 3.65. The first-order valence-electron chi connectivity index (χ1n) is 10.0. The third kappa shape index (κ3) is 3.96. The van der Waals surface area contributed by atoms with Crippen molar-refractivity contribution in [2.75, 3.05) is 37.6 Å². The second-order valence-corrected chi connectivity index (χ2v) is 7.93. The summed E-state index contributed by atoms with van der Waals surface area (Å²) in [6.07, 6.45) is 2.12. The molecule has 148 valence electrons. The Bertz CT molecular complexity index is 1000. The molecule has 1 saturated heterocycles. The predicted octanol–water partition coefficient (Wildman–Crippen LogP) is 3.60. The molecule has 6 heteroatoms. The Morgan fingerprint density at radius 2 is 1.61 bits per heavy atom. The number of fused-ring (bicyclic) bond motifs is 1. The minimum Gasteiger partial charge on any atom is -0.369 e. The van der Waals surface area contributed by atoms with E-state index in [0.29, 0.717) is 0 Å². The van der Waals surface area contributed by atoms with E-state index in [-0.39, 0.29) is 5.69 Å². The third-order valence-corrected chi connectivity index (χ3v) is 5.94. The number of unbranched alkanes of at least 4 members (excludes halogenated alkanes) is 1. The van der Waals surface area contributed by atoms with E-state index >= 15 is 0 Å². The number of aromatic nitrogens is 2. The van der Waals surface area contributed by atoms with Gasteiger partial charge in [-0.1, -0.05) is 29.8 Å². The molecule has 0 N–H and O–H groups in total. The van der Waals surface area contributed by atoms with Gasteiger partial charge in [0.2, 0.25) is 0 Å². The van der Waals surface area contributed by atoms with Crippen molar-refractivity contribution >= 4 is 28.3 Å². The average Bonchev–Trinajstić information content (AvgIpc) is 2.96. The maximum absolute atomic E-state index is 12.5. The zero-order valence-corrected chi connectivity index (χ0v) is 17.1. The highest BCUT2D eigenvalue weighted by atomic mass is 35.5. The Labute approximate surface area is 170 Å². The lowest BCUT2D eigenvalue weighted by atomic mass is 10.2. The highest BCUT2D eigenvalue weighted by Gasteiger charge is 2.17. The van der Waals surface area contributed by atoms with E-state index in [2.05, 4.69) is 15.9 Å². The molecular weight excluding hydrogens is 372 g/mol. The van der Waals surface area contributed by atoms with Crippen molar-refractivity contribution in [1.82, 2.24) is 14.0 Å². The van der Waals surface area contributed by atoms with E-state index in [1.807, 2.05) is 54.1 Å². The lowest BCUT2D eigenvalue weighted by Crippen LogP contribution is -2.46. The standard InChI is InChI=1S/C22H27ClN4O/c1-24-20-9-2-3-10-21(20)27(22(24)28)12-5-4-11-25-13-15-26(16-14-25)19-8-6-7-18(23)17-19/h2-3,6-10,17H,4-5,11-16H2,1H3. The van der Waals surface area contributed by atoms with Crippen LogP contribution < -0.4 is 10.6 Å². The molecular formula is C22H27ClN4O. The summed E-state index contributed by atoms with van der Waals surface area (Å²) in [5.74, 6) is 0. The van der Waals surface area contributed by atoms with Crippen molar-refractivity contribution in [3.63, 3.8) is 0 Å². The number of rotatable bonds is 6. The zero-order chi connectivity index (χ0) is 19.5. The fourth-order valence-electron chi connectivity index (χ4n) is 4.09. The number of nitrogens with zero attached hydrogens (tertiary/aromatic N) is 4. The van der Waals surface area contributed by atoms with Crippen LogP contribution >= 0.6 is 11.6 Å². The van der Waals surface area contributed by atoms with Gasteiger partial charge in [0, 0.05) is 50.5 Å². The van der Waals surface area contributed by atoms with E-state index in [0.717, 1.165) is 68.2 Å². The van der Waals surface area contributed by atoms with E-state index < -0.39 is 0 Å². The van der Waals surface area contributed by atoms with Crippen LogP contribution in [0.25, 0.3) is 11.0 Å². The Kier molecular flexibility index (Phi) is 5.74. The summed E-state index contributed by atoms with van der Waals surface area (Å²) in [6, 6.07) is 16.1. The molecule has 5 nitrogen and oxygen atoms in total. The first kappa shape index (κ1) is 19.1. The highest BCUT2D eigenvalue weighted by Crippen LogP contribution is 2.21. The number of imidazole rings is 1. The smallest absolute Gasteiger partial charge is 0.328 e. The number of anilines is 1. The number of benzene rings is 2. The van der Waals surface area contributed by atoms with Gasteiger partial charge in [-0.2, -0.15) is 0 Å². The molecule has 28 heavy (non-hydrogen) atoms. The van der Waals surface area contributed by atoms with Gasteiger partial charge < -0.3 is 4.90 Å². The van der Waals surface area contributed by atoms with Crippen LogP contribution in [0.3, 0.4) is 0 Å². The molecule has 0 spiro atoms. The molecule has 0 saturated carbocycles. The van der Waals surface area contributed by atoms with E-state index in [1.54, 1.807) is 4.57 Å². The van der Waals surface area contributed by atoms with E-state index in [4.69, 9.17) is 11.6 Å². The predicted molar refractivity (Wildman–Crippen MR) is 117 cm³/mol. The first-order valence-corrected chi connectivity index (χ1v) is 10.4. The molecule has 3 aromatic rings. The lowest BCUT2D eigenvalue weighted by molar-refractivity contribution is 0.251. The molecule has 0 amide bonds. The largest absolute Gasteiger partial charge is 0.369 e. The fraction of sp³-hybridized carbons (Fsp3) is 0.409. The van der Waals surface area contributed by atoms with Gasteiger partial charge in [-0.15, -0.1) is 0 Å². The highest BCUT2D eigenvalue weighted by molar-refractivity contribution is 6.30. The lowest BCUT2D eigenvalue weighted by Gasteiger charge is -2.36. The van der Waals surface area contributed by atoms with Crippen LogP contribution in [0.2, 0.25) is 5.02 Å². The molecule has 0 radical (unpaired) electrons. The Hall–Kier alpha value is -2.24. The molecule has 0 aliphatic carbocycles. The maximum Gasteiger partial charge on any atom is 0.328 e. The monoisotopic (exact) mass is 398 g/mol. The number of aryl methyl sites for hydroxylation is 2. The van der Waals surface area contributed by atoms with Crippen LogP contribution in [-0.4, -0.2) is 46.8 Å². The SMILES string of the molecule is Cn1c(=O)n(CCCCN2CCN(c3cccc(Cl)c3)CC2)c2ccccc21. The van der Waals surface area contributed by atoms with Gasteiger partial charge in [-0.05, 0) is 49.7 Å². The van der Waals surface area contributed by atoms with Gasteiger partial charge in [0.25, 0.3) is 0 Å². The van der Waals surface area contributed by atoms with Crippen LogP contribution in [0.4, 0.5) is 5.69 Å². The normalized spacial score (nSPS) is 15.4. The van der Waals surface area contributed by atoms with Crippen molar-refractivity contribution in [1.29, 1.82) is 0 Å². The van der Waals surface area contributed by atoms with Crippen molar-refractivity contribution < 1.29 is 0 Å². The molecule has 1 aliphatic rings. The molecule has 0 bridgehead atoms. The van der Waals surface area contributed by atoms with Crippen LogP contribution in [-0.2, 0) is 13.6 Å². The minimum absolute atomic E-state index is 0.0799. The molecule has 2 heterocycles. The van der Waals surface area contributed by atoms with E-state index in [1.165, 1.54) is 5.69 Å². The topological polar surface area (TPSA) is 33.4 Å². The van der Waals surface area contributed by atoms with Gasteiger partial charge in [-0.25, -0.2) is 4.79 Å². The molecule has 0 atom stereocenters. The minimum atomic E-state index is 0.0799. The summed E-state index contributed by atoms with van der Waals surface area (Å²) in [5, 5.41) is 0.795. The maximum atomic E-state index is 12.5. The first-order chi connectivity index (χ1) is 13.6. The number of piperazine rings is 1. The van der Waals surface area contributed by atoms with Crippen LogP contribution in [0, 0.1) is 0 Å². The second kappa shape index (κ2) is 8.41. The van der Waals surface area contributed by atoms with Gasteiger partial charge in [-0.3, -0.25) is 14.0 Å². The number of halogens is 1. The number of hydrogen-bond donors (Lipinski definition) is 0. The second-order valence-electron chi connectivity index (χ2n) is 7.50. The van der Waals surface area contributed by atoms with Crippen molar-refractivity contribution in [3.05, 3.63) is 64.0 Å². The summed E-state index contributed by atoms with van der Waals surface area (Å²) in [7, 11) is 1.85. The van der Waals surface area contributed by atoms with Crippen molar-refractivity contribution in [2.24, 2.45) is 7.05 Å². The Balaban J connectivity index is 1.26. The summed E-state index contributed by atoms with van der Waals surface area (Å²) in [5.41, 5.74) is 3.33. The van der Waals surface area contributed by atoms with Crippen molar-refractivity contribution in [3.8, 4) is 0 Å². The Morgan fingerprint density at radius 3 is 2.36 bits per heavy atom. The molecule has 1 fully saturated rings. The van der Waals surface area contributed by atoms with Gasteiger partial charge in [0.15, 0.2) is 0 Å². The molecule has 1 aromatic heterocycles. The summed E-state index contributed by atoms with van der Waals surface area (Å²) >= 11 is 6.11.